The van der Waals surface area contributed by atoms with Gasteiger partial charge in [-0.3, -0.25) is 4.79 Å². The number of nitrogens with zero attached hydrogens (tertiary/aromatic N) is 1. The average molecular weight is 358 g/mol. The number of amides is 1. The summed E-state index contributed by atoms with van der Waals surface area (Å²) in [6.45, 7) is 0.803. The van der Waals surface area contributed by atoms with Crippen molar-refractivity contribution in [1.82, 2.24) is 10.3 Å². The Labute approximate surface area is 154 Å². The molecule has 3 rings (SSSR count). The summed E-state index contributed by atoms with van der Waals surface area (Å²) in [5.41, 5.74) is 2.63. The average Bonchev–Trinajstić information content (AvgIpc) is 2.65. The van der Waals surface area contributed by atoms with E-state index in [4.69, 9.17) is 11.6 Å². The van der Waals surface area contributed by atoms with E-state index in [0.29, 0.717) is 11.7 Å². The molecule has 0 radical (unpaired) electrons. The molecule has 0 bridgehead atoms. The molecule has 1 saturated carbocycles. The number of pyridine rings is 1. The summed E-state index contributed by atoms with van der Waals surface area (Å²) in [6.07, 6.45) is 8.47. The maximum atomic E-state index is 12.2. The summed E-state index contributed by atoms with van der Waals surface area (Å²) in [5.74, 6) is -0.0698. The van der Waals surface area contributed by atoms with Crippen molar-refractivity contribution >= 4 is 23.2 Å². The molecule has 1 heterocycles. The Morgan fingerprint density at radius 3 is 2.52 bits per heavy atom. The Bertz CT molecular complexity index is 679. The normalized spacial score (nSPS) is 14.9. The number of aromatic nitrogens is 1. The van der Waals surface area contributed by atoms with Crippen LogP contribution < -0.4 is 10.6 Å². The number of halogens is 1. The molecule has 0 saturated heterocycles. The minimum Gasteiger partial charge on any atom is -0.383 e. The lowest BCUT2D eigenvalue weighted by atomic mass is 9.95. The van der Waals surface area contributed by atoms with Gasteiger partial charge in [0.05, 0.1) is 11.9 Å². The molecule has 2 aromatic rings. The standard InChI is InChI=1S/C20H24ClN3O/c21-16-8-6-15(7-9-16)12-13-22-18-10-11-19(23-14-18)20(25)24-17-4-2-1-3-5-17/h6-11,14,17,22H,1-5,12-13H2,(H,24,25). The predicted molar refractivity (Wildman–Crippen MR) is 102 cm³/mol. The van der Waals surface area contributed by atoms with Gasteiger partial charge in [-0.25, -0.2) is 4.98 Å². The molecule has 132 valence electrons. The van der Waals surface area contributed by atoms with Crippen LogP contribution in [0.1, 0.15) is 48.2 Å². The van der Waals surface area contributed by atoms with Gasteiger partial charge in [0.2, 0.25) is 0 Å². The number of anilines is 1. The Kier molecular flexibility index (Phi) is 6.29. The summed E-state index contributed by atoms with van der Waals surface area (Å²) in [4.78, 5) is 16.5. The lowest BCUT2D eigenvalue weighted by molar-refractivity contribution is 0.0922. The molecule has 1 aromatic heterocycles. The fraction of sp³-hybridized carbons (Fsp3) is 0.400. The number of benzene rings is 1. The van der Waals surface area contributed by atoms with Crippen molar-refractivity contribution in [3.8, 4) is 0 Å². The van der Waals surface area contributed by atoms with E-state index >= 15 is 0 Å². The minimum absolute atomic E-state index is 0.0698. The van der Waals surface area contributed by atoms with Crippen LogP contribution in [0, 0.1) is 0 Å². The smallest absolute Gasteiger partial charge is 0.270 e. The Balaban J connectivity index is 1.46. The maximum Gasteiger partial charge on any atom is 0.270 e. The molecule has 0 spiro atoms. The Hall–Kier alpha value is -2.07. The van der Waals surface area contributed by atoms with Crippen LogP contribution in [0.5, 0.6) is 0 Å². The zero-order valence-electron chi connectivity index (χ0n) is 14.3. The van der Waals surface area contributed by atoms with Crippen LogP contribution in [0.15, 0.2) is 42.6 Å². The number of carbonyl (C=O) groups is 1. The SMILES string of the molecule is O=C(NC1CCCCC1)c1ccc(NCCc2ccc(Cl)cc2)cn1. The first-order chi connectivity index (χ1) is 12.2. The lowest BCUT2D eigenvalue weighted by Gasteiger charge is -2.22. The molecule has 1 amide bonds. The third kappa shape index (κ3) is 5.46. The van der Waals surface area contributed by atoms with Crippen molar-refractivity contribution < 1.29 is 4.79 Å². The number of hydrogen-bond donors (Lipinski definition) is 2. The highest BCUT2D eigenvalue weighted by molar-refractivity contribution is 6.30. The second-order valence-electron chi connectivity index (χ2n) is 6.54. The predicted octanol–water partition coefficient (Wildman–Crippen LogP) is 4.45. The van der Waals surface area contributed by atoms with E-state index in [1.54, 1.807) is 12.3 Å². The van der Waals surface area contributed by atoms with Crippen molar-refractivity contribution in [2.24, 2.45) is 0 Å². The Morgan fingerprint density at radius 2 is 1.84 bits per heavy atom. The summed E-state index contributed by atoms with van der Waals surface area (Å²) < 4.78 is 0. The number of nitrogens with one attached hydrogen (secondary N) is 2. The largest absolute Gasteiger partial charge is 0.383 e. The zero-order valence-corrected chi connectivity index (χ0v) is 15.1. The number of hydrogen-bond acceptors (Lipinski definition) is 3. The fourth-order valence-electron chi connectivity index (χ4n) is 3.14. The van der Waals surface area contributed by atoms with Crippen LogP contribution in [0.2, 0.25) is 5.02 Å². The van der Waals surface area contributed by atoms with Gasteiger partial charge in [-0.05, 0) is 49.1 Å². The topological polar surface area (TPSA) is 54.0 Å². The van der Waals surface area contributed by atoms with Gasteiger partial charge in [0, 0.05) is 17.6 Å². The van der Waals surface area contributed by atoms with Gasteiger partial charge < -0.3 is 10.6 Å². The third-order valence-electron chi connectivity index (χ3n) is 4.59. The van der Waals surface area contributed by atoms with Crippen LogP contribution in [-0.2, 0) is 6.42 Å². The van der Waals surface area contributed by atoms with E-state index in [-0.39, 0.29) is 5.91 Å². The number of carbonyl (C=O) groups excluding carboxylic acids is 1. The first-order valence-electron chi connectivity index (χ1n) is 8.96. The molecule has 2 N–H and O–H groups in total. The monoisotopic (exact) mass is 357 g/mol. The summed E-state index contributed by atoms with van der Waals surface area (Å²) in [5, 5.41) is 7.17. The van der Waals surface area contributed by atoms with Gasteiger partial charge in [-0.2, -0.15) is 0 Å². The van der Waals surface area contributed by atoms with Crippen LogP contribution >= 0.6 is 11.6 Å². The first-order valence-corrected chi connectivity index (χ1v) is 9.34. The van der Waals surface area contributed by atoms with Gasteiger partial charge in [0.25, 0.3) is 5.91 Å². The molecule has 0 aliphatic heterocycles. The highest BCUT2D eigenvalue weighted by atomic mass is 35.5. The van der Waals surface area contributed by atoms with Crippen molar-refractivity contribution in [2.45, 2.75) is 44.6 Å². The third-order valence-corrected chi connectivity index (χ3v) is 4.84. The molecular weight excluding hydrogens is 334 g/mol. The Morgan fingerprint density at radius 1 is 1.08 bits per heavy atom. The van der Waals surface area contributed by atoms with Gasteiger partial charge in [-0.1, -0.05) is 43.0 Å². The van der Waals surface area contributed by atoms with E-state index in [0.717, 1.165) is 36.5 Å². The quantitative estimate of drug-likeness (QED) is 0.802. The lowest BCUT2D eigenvalue weighted by Crippen LogP contribution is -2.36. The second-order valence-corrected chi connectivity index (χ2v) is 6.98. The van der Waals surface area contributed by atoms with Gasteiger partial charge in [-0.15, -0.1) is 0 Å². The van der Waals surface area contributed by atoms with E-state index < -0.39 is 0 Å². The van der Waals surface area contributed by atoms with Gasteiger partial charge in [0.1, 0.15) is 5.69 Å². The summed E-state index contributed by atoms with van der Waals surface area (Å²) >= 11 is 5.89. The van der Waals surface area contributed by atoms with Crippen molar-refractivity contribution in [1.29, 1.82) is 0 Å². The molecule has 1 aliphatic rings. The van der Waals surface area contributed by atoms with Crippen LogP contribution in [-0.4, -0.2) is 23.5 Å². The van der Waals surface area contributed by atoms with Crippen LogP contribution in [0.3, 0.4) is 0 Å². The number of rotatable bonds is 6. The molecule has 4 nitrogen and oxygen atoms in total. The maximum absolute atomic E-state index is 12.2. The summed E-state index contributed by atoms with van der Waals surface area (Å²) in [7, 11) is 0. The minimum atomic E-state index is -0.0698. The van der Waals surface area contributed by atoms with Crippen LogP contribution in [0.4, 0.5) is 5.69 Å². The van der Waals surface area contributed by atoms with Crippen molar-refractivity contribution in [3.63, 3.8) is 0 Å². The van der Waals surface area contributed by atoms with E-state index in [2.05, 4.69) is 15.6 Å². The molecule has 1 aromatic carbocycles. The van der Waals surface area contributed by atoms with Crippen LogP contribution in [0.25, 0.3) is 0 Å². The summed E-state index contributed by atoms with van der Waals surface area (Å²) in [6, 6.07) is 11.9. The first kappa shape index (κ1) is 17.7. The molecule has 0 unspecified atom stereocenters. The highest BCUT2D eigenvalue weighted by Gasteiger charge is 2.17. The molecule has 0 atom stereocenters. The molecule has 5 heteroatoms. The van der Waals surface area contributed by atoms with E-state index in [1.165, 1.54) is 24.8 Å². The second kappa shape index (κ2) is 8.86. The van der Waals surface area contributed by atoms with E-state index in [9.17, 15) is 4.79 Å². The molecular formula is C20H24ClN3O. The highest BCUT2D eigenvalue weighted by Crippen LogP contribution is 2.18. The molecule has 1 fully saturated rings. The fourth-order valence-corrected chi connectivity index (χ4v) is 3.27. The van der Waals surface area contributed by atoms with Gasteiger partial charge >= 0.3 is 0 Å². The van der Waals surface area contributed by atoms with Crippen molar-refractivity contribution in [3.05, 3.63) is 58.9 Å². The zero-order chi connectivity index (χ0) is 17.5. The van der Waals surface area contributed by atoms with E-state index in [1.807, 2.05) is 30.3 Å². The molecule has 25 heavy (non-hydrogen) atoms. The van der Waals surface area contributed by atoms with Gasteiger partial charge in [0.15, 0.2) is 0 Å². The molecule has 1 aliphatic carbocycles. The van der Waals surface area contributed by atoms with Crippen molar-refractivity contribution in [2.75, 3.05) is 11.9 Å².